The van der Waals surface area contributed by atoms with Crippen LogP contribution in [0.3, 0.4) is 0 Å². The maximum Gasteiger partial charge on any atom is 0.347 e. The fraction of sp³-hybridized carbons (Fsp3) is 0.333. The molecule has 0 radical (unpaired) electrons. The molecular formula is C18H18N2O3S. The molecule has 0 spiro atoms. The van der Waals surface area contributed by atoms with E-state index in [1.54, 1.807) is 0 Å². The van der Waals surface area contributed by atoms with Crippen LogP contribution in [0.15, 0.2) is 24.3 Å². The molecule has 1 aliphatic heterocycles. The van der Waals surface area contributed by atoms with E-state index >= 15 is 0 Å². The van der Waals surface area contributed by atoms with Crippen molar-refractivity contribution in [3.8, 4) is 11.1 Å². The fourth-order valence-corrected chi connectivity index (χ4v) is 3.95. The maximum absolute atomic E-state index is 12.3. The van der Waals surface area contributed by atoms with Crippen LogP contribution < -0.4 is 4.90 Å². The number of nitrogens with zero attached hydrogens (tertiary/aromatic N) is 2. The third-order valence-electron chi connectivity index (χ3n) is 3.99. The number of anilines is 1. The third-order valence-corrected chi connectivity index (χ3v) is 5.21. The number of carbonyl (C=O) groups excluding carboxylic acids is 1. The van der Waals surface area contributed by atoms with Gasteiger partial charge in [0.05, 0.1) is 31.9 Å². The van der Waals surface area contributed by atoms with E-state index in [0.29, 0.717) is 29.3 Å². The van der Waals surface area contributed by atoms with Crippen molar-refractivity contribution in [3.05, 3.63) is 46.1 Å². The Kier molecular flexibility index (Phi) is 4.84. The van der Waals surface area contributed by atoms with Crippen LogP contribution >= 0.6 is 11.3 Å². The van der Waals surface area contributed by atoms with E-state index < -0.39 is 5.97 Å². The van der Waals surface area contributed by atoms with Gasteiger partial charge < -0.3 is 14.4 Å². The summed E-state index contributed by atoms with van der Waals surface area (Å²) < 4.78 is 10.3. The number of esters is 1. The van der Waals surface area contributed by atoms with Crippen molar-refractivity contribution in [3.63, 3.8) is 0 Å². The van der Waals surface area contributed by atoms with Gasteiger partial charge in [-0.3, -0.25) is 0 Å². The molecule has 0 aliphatic carbocycles. The number of aryl methyl sites for hydroxylation is 1. The highest BCUT2D eigenvalue weighted by atomic mass is 32.1. The largest absolute Gasteiger partial charge is 0.465 e. The van der Waals surface area contributed by atoms with Crippen molar-refractivity contribution >= 4 is 28.0 Å². The van der Waals surface area contributed by atoms with Crippen LogP contribution in [0.25, 0.3) is 16.0 Å². The number of hydrogen-bond acceptors (Lipinski definition) is 5. The average Bonchev–Trinajstić information content (AvgIpc) is 3.02. The Morgan fingerprint density at radius 1 is 1.29 bits per heavy atom. The van der Waals surface area contributed by atoms with Gasteiger partial charge >= 0.3 is 5.97 Å². The van der Waals surface area contributed by atoms with Gasteiger partial charge in [0, 0.05) is 18.7 Å². The monoisotopic (exact) mass is 342 g/mol. The molecule has 0 saturated carbocycles. The zero-order valence-electron chi connectivity index (χ0n) is 13.7. The molecule has 0 amide bonds. The molecule has 5 nitrogen and oxygen atoms in total. The lowest BCUT2D eigenvalue weighted by molar-refractivity contribution is 0.0607. The molecule has 0 unspecified atom stereocenters. The lowest BCUT2D eigenvalue weighted by Gasteiger charge is -2.28. The van der Waals surface area contributed by atoms with E-state index in [1.807, 2.05) is 31.2 Å². The SMILES string of the molecule is [C-]#[N+]c1c(N2CCOCC2)sc(C(=O)OC)c1-c1ccc(C)cc1. The molecule has 2 heterocycles. The van der Waals surface area contributed by atoms with Crippen molar-refractivity contribution in [2.75, 3.05) is 38.3 Å². The summed E-state index contributed by atoms with van der Waals surface area (Å²) in [5.41, 5.74) is 3.18. The molecule has 1 aromatic heterocycles. The van der Waals surface area contributed by atoms with Crippen LogP contribution in [-0.4, -0.2) is 39.4 Å². The van der Waals surface area contributed by atoms with E-state index in [0.717, 1.165) is 29.2 Å². The standard InChI is InChI=1S/C18H18N2O3S/c1-12-4-6-13(7-5-12)14-15(19-2)17(20-8-10-23-11-9-20)24-16(14)18(21)22-3/h4-7H,8-11H2,1,3H3. The van der Waals surface area contributed by atoms with Crippen molar-refractivity contribution in [1.29, 1.82) is 0 Å². The molecular weight excluding hydrogens is 324 g/mol. The number of methoxy groups -OCH3 is 1. The summed E-state index contributed by atoms with van der Waals surface area (Å²) >= 11 is 1.33. The van der Waals surface area contributed by atoms with Crippen LogP contribution in [-0.2, 0) is 9.47 Å². The van der Waals surface area contributed by atoms with Crippen LogP contribution in [0.1, 0.15) is 15.2 Å². The second-order valence-corrected chi connectivity index (χ2v) is 6.53. The molecule has 1 aliphatic rings. The fourth-order valence-electron chi connectivity index (χ4n) is 2.72. The third kappa shape index (κ3) is 3.01. The minimum absolute atomic E-state index is 0.403. The normalized spacial score (nSPS) is 14.3. The van der Waals surface area contributed by atoms with E-state index in [2.05, 4.69) is 9.74 Å². The number of morpholine rings is 1. The lowest BCUT2D eigenvalue weighted by atomic mass is 10.0. The van der Waals surface area contributed by atoms with Gasteiger partial charge in [0.15, 0.2) is 0 Å². The zero-order valence-corrected chi connectivity index (χ0v) is 14.5. The predicted octanol–water partition coefficient (Wildman–Crippen LogP) is 3.90. The first-order valence-corrected chi connectivity index (χ1v) is 8.49. The summed E-state index contributed by atoms with van der Waals surface area (Å²) in [6.45, 7) is 12.4. The van der Waals surface area contributed by atoms with Crippen molar-refractivity contribution in [1.82, 2.24) is 0 Å². The second-order valence-electron chi connectivity index (χ2n) is 5.53. The minimum atomic E-state index is -0.403. The number of rotatable bonds is 3. The van der Waals surface area contributed by atoms with Crippen LogP contribution in [0, 0.1) is 13.5 Å². The Morgan fingerprint density at radius 3 is 2.54 bits per heavy atom. The molecule has 2 aromatic rings. The van der Waals surface area contributed by atoms with E-state index in [9.17, 15) is 4.79 Å². The maximum atomic E-state index is 12.3. The van der Waals surface area contributed by atoms with Crippen LogP contribution in [0.2, 0.25) is 0 Å². The van der Waals surface area contributed by atoms with Gasteiger partial charge in [0.2, 0.25) is 5.69 Å². The predicted molar refractivity (Wildman–Crippen MR) is 95.1 cm³/mol. The van der Waals surface area contributed by atoms with Crippen LogP contribution in [0.5, 0.6) is 0 Å². The highest BCUT2D eigenvalue weighted by Gasteiger charge is 2.28. The summed E-state index contributed by atoms with van der Waals surface area (Å²) in [5, 5.41) is 0.823. The summed E-state index contributed by atoms with van der Waals surface area (Å²) in [6, 6.07) is 7.86. The highest BCUT2D eigenvalue weighted by Crippen LogP contribution is 2.48. The van der Waals surface area contributed by atoms with Gasteiger partial charge in [-0.05, 0) is 12.5 Å². The van der Waals surface area contributed by atoms with Crippen LogP contribution in [0.4, 0.5) is 10.7 Å². The van der Waals surface area contributed by atoms with E-state index in [4.69, 9.17) is 16.0 Å². The molecule has 0 N–H and O–H groups in total. The molecule has 124 valence electrons. The van der Waals surface area contributed by atoms with E-state index in [1.165, 1.54) is 18.4 Å². The van der Waals surface area contributed by atoms with Gasteiger partial charge in [0.1, 0.15) is 4.88 Å². The van der Waals surface area contributed by atoms with Gasteiger partial charge in [-0.2, -0.15) is 0 Å². The minimum Gasteiger partial charge on any atom is -0.465 e. The number of thiophene rings is 1. The molecule has 24 heavy (non-hydrogen) atoms. The molecule has 0 bridgehead atoms. The summed E-state index contributed by atoms with van der Waals surface area (Å²) in [4.78, 5) is 18.6. The number of carbonyl (C=O) groups is 1. The Balaban J connectivity index is 2.17. The Labute approximate surface area is 145 Å². The van der Waals surface area contributed by atoms with Gasteiger partial charge in [-0.25, -0.2) is 9.64 Å². The first-order chi connectivity index (χ1) is 11.7. The Bertz CT molecular complexity index is 784. The molecule has 1 aromatic carbocycles. The topological polar surface area (TPSA) is 43.1 Å². The number of hydrogen-bond donors (Lipinski definition) is 0. The van der Waals surface area contributed by atoms with Gasteiger partial charge in [-0.15, -0.1) is 11.3 Å². The molecule has 6 heteroatoms. The lowest BCUT2D eigenvalue weighted by Crippen LogP contribution is -2.35. The van der Waals surface area contributed by atoms with Crippen molar-refractivity contribution in [2.24, 2.45) is 0 Å². The zero-order chi connectivity index (χ0) is 17.1. The van der Waals surface area contributed by atoms with Gasteiger partial charge in [-0.1, -0.05) is 29.8 Å². The van der Waals surface area contributed by atoms with Crippen molar-refractivity contribution in [2.45, 2.75) is 6.92 Å². The Hall–Kier alpha value is -2.36. The average molecular weight is 342 g/mol. The summed E-state index contributed by atoms with van der Waals surface area (Å²) in [7, 11) is 1.37. The first kappa shape index (κ1) is 16.5. The quantitative estimate of drug-likeness (QED) is 0.627. The van der Waals surface area contributed by atoms with E-state index in [-0.39, 0.29) is 0 Å². The summed E-state index contributed by atoms with van der Waals surface area (Å²) in [6.07, 6.45) is 0. The highest BCUT2D eigenvalue weighted by molar-refractivity contribution is 7.19. The molecule has 1 saturated heterocycles. The van der Waals surface area contributed by atoms with Gasteiger partial charge in [0.25, 0.3) is 0 Å². The molecule has 0 atom stereocenters. The van der Waals surface area contributed by atoms with Crippen molar-refractivity contribution < 1.29 is 14.3 Å². The summed E-state index contributed by atoms with van der Waals surface area (Å²) in [5.74, 6) is -0.403. The molecule has 1 fully saturated rings. The first-order valence-electron chi connectivity index (χ1n) is 7.68. The Morgan fingerprint density at radius 2 is 1.96 bits per heavy atom. The second kappa shape index (κ2) is 7.04. The number of benzene rings is 1. The smallest absolute Gasteiger partial charge is 0.347 e. The molecule has 3 rings (SSSR count). The number of ether oxygens (including phenoxy) is 2.